The van der Waals surface area contributed by atoms with Gasteiger partial charge in [-0.2, -0.15) is 11.8 Å². The number of nitro benzene ring substituents is 1. The highest BCUT2D eigenvalue weighted by Crippen LogP contribution is 2.31. The Hall–Kier alpha value is -0.550. The van der Waals surface area contributed by atoms with Crippen molar-refractivity contribution < 1.29 is 4.92 Å². The lowest BCUT2D eigenvalue weighted by Gasteiger charge is -2.08. The number of thioether (sulfide) groups is 1. The molecule has 3 nitrogen and oxygen atoms in total. The van der Waals surface area contributed by atoms with Crippen molar-refractivity contribution in [1.29, 1.82) is 0 Å². The highest BCUT2D eigenvalue weighted by atomic mass is 79.9. The average molecular weight is 318 g/mol. The molecule has 0 aromatic heterocycles. The van der Waals surface area contributed by atoms with Crippen molar-refractivity contribution in [1.82, 2.24) is 0 Å². The fourth-order valence-electron chi connectivity index (χ4n) is 1.31. The molecule has 0 aliphatic carbocycles. The van der Waals surface area contributed by atoms with Gasteiger partial charge in [0.1, 0.15) is 0 Å². The summed E-state index contributed by atoms with van der Waals surface area (Å²) in [7, 11) is 0. The highest BCUT2D eigenvalue weighted by molar-refractivity contribution is 9.10. The molecule has 1 aromatic carbocycles. The van der Waals surface area contributed by atoms with E-state index in [2.05, 4.69) is 29.8 Å². The number of rotatable bonds is 6. The Balaban J connectivity index is 2.66. The van der Waals surface area contributed by atoms with Gasteiger partial charge in [0.25, 0.3) is 5.69 Å². The molecule has 0 amide bonds. The summed E-state index contributed by atoms with van der Waals surface area (Å²) in [5, 5.41) is 10.8. The van der Waals surface area contributed by atoms with Gasteiger partial charge in [0.15, 0.2) is 0 Å². The van der Waals surface area contributed by atoms with Gasteiger partial charge < -0.3 is 0 Å². The van der Waals surface area contributed by atoms with Crippen molar-refractivity contribution in [3.05, 3.63) is 38.3 Å². The lowest BCUT2D eigenvalue weighted by molar-refractivity contribution is -0.385. The second-order valence-corrected chi connectivity index (χ2v) is 5.86. The van der Waals surface area contributed by atoms with E-state index in [0.717, 1.165) is 17.1 Å². The predicted molar refractivity (Wildman–Crippen MR) is 76.4 cm³/mol. The minimum atomic E-state index is -0.354. The fourth-order valence-corrected chi connectivity index (χ4v) is 3.26. The third-order valence-electron chi connectivity index (χ3n) is 2.61. The van der Waals surface area contributed by atoms with Crippen LogP contribution in [-0.2, 0) is 5.75 Å². The molecule has 0 aliphatic heterocycles. The van der Waals surface area contributed by atoms with Crippen molar-refractivity contribution >= 4 is 33.4 Å². The molecule has 0 bridgehead atoms. The molecular formula is C12H16BrNO2S. The minimum absolute atomic E-state index is 0.145. The van der Waals surface area contributed by atoms with Crippen LogP contribution >= 0.6 is 27.7 Å². The zero-order valence-corrected chi connectivity index (χ0v) is 12.4. The maximum Gasteiger partial charge on any atom is 0.283 e. The van der Waals surface area contributed by atoms with Crippen molar-refractivity contribution in [3.63, 3.8) is 0 Å². The summed E-state index contributed by atoms with van der Waals surface area (Å²) in [5.74, 6) is 2.59. The van der Waals surface area contributed by atoms with E-state index < -0.39 is 0 Å². The first kappa shape index (κ1) is 14.5. The van der Waals surface area contributed by atoms with Crippen LogP contribution in [0.2, 0.25) is 0 Å². The second-order valence-electron chi connectivity index (χ2n) is 4.04. The summed E-state index contributed by atoms with van der Waals surface area (Å²) in [6, 6.07) is 5.19. The molecule has 1 aromatic rings. The molecule has 1 atom stereocenters. The topological polar surface area (TPSA) is 43.1 Å². The van der Waals surface area contributed by atoms with Crippen LogP contribution in [0.3, 0.4) is 0 Å². The zero-order chi connectivity index (χ0) is 12.8. The lowest BCUT2D eigenvalue weighted by atomic mass is 10.2. The van der Waals surface area contributed by atoms with E-state index in [-0.39, 0.29) is 10.6 Å². The smallest absolute Gasteiger partial charge is 0.258 e. The maximum absolute atomic E-state index is 10.8. The van der Waals surface area contributed by atoms with Gasteiger partial charge in [0.2, 0.25) is 0 Å². The van der Waals surface area contributed by atoms with Gasteiger partial charge in [-0.15, -0.1) is 0 Å². The molecule has 94 valence electrons. The Bertz CT molecular complexity index is 398. The quantitative estimate of drug-likeness (QED) is 0.567. The van der Waals surface area contributed by atoms with Crippen LogP contribution in [0.25, 0.3) is 0 Å². The van der Waals surface area contributed by atoms with Crippen LogP contribution in [0.4, 0.5) is 5.69 Å². The summed E-state index contributed by atoms with van der Waals surface area (Å²) >= 11 is 5.13. The number of nitrogens with zero attached hydrogens (tertiary/aromatic N) is 1. The SMILES string of the molecule is CCC(C)CSCc1cccc([N+](=O)[O-])c1Br. The fraction of sp³-hybridized carbons (Fsp3) is 0.500. The van der Waals surface area contributed by atoms with Gasteiger partial charge in [-0.25, -0.2) is 0 Å². The molecule has 0 heterocycles. The van der Waals surface area contributed by atoms with Crippen LogP contribution in [0, 0.1) is 16.0 Å². The van der Waals surface area contributed by atoms with E-state index >= 15 is 0 Å². The third-order valence-corrected chi connectivity index (χ3v) is 4.85. The van der Waals surface area contributed by atoms with Crippen LogP contribution in [-0.4, -0.2) is 10.7 Å². The van der Waals surface area contributed by atoms with Crippen LogP contribution in [0.15, 0.2) is 22.7 Å². The molecule has 0 saturated carbocycles. The van der Waals surface area contributed by atoms with Gasteiger partial charge >= 0.3 is 0 Å². The number of hydrogen-bond donors (Lipinski definition) is 0. The Morgan fingerprint density at radius 1 is 1.53 bits per heavy atom. The molecular weight excluding hydrogens is 302 g/mol. The summed E-state index contributed by atoms with van der Waals surface area (Å²) in [4.78, 5) is 10.4. The van der Waals surface area contributed by atoms with E-state index in [1.807, 2.05) is 17.8 Å². The number of halogens is 1. The Labute approximate surface area is 114 Å². The van der Waals surface area contributed by atoms with E-state index in [4.69, 9.17) is 0 Å². The molecule has 1 rings (SSSR count). The van der Waals surface area contributed by atoms with Gasteiger partial charge in [-0.05, 0) is 33.2 Å². The highest BCUT2D eigenvalue weighted by Gasteiger charge is 2.14. The first-order valence-electron chi connectivity index (χ1n) is 5.55. The summed E-state index contributed by atoms with van der Waals surface area (Å²) < 4.78 is 0.613. The first-order chi connectivity index (χ1) is 8.06. The van der Waals surface area contributed by atoms with Crippen molar-refractivity contribution in [2.75, 3.05) is 5.75 Å². The lowest BCUT2D eigenvalue weighted by Crippen LogP contribution is -1.97. The van der Waals surface area contributed by atoms with E-state index in [0.29, 0.717) is 10.4 Å². The molecule has 5 heteroatoms. The molecule has 0 fully saturated rings. The summed E-state index contributed by atoms with van der Waals surface area (Å²) in [6.45, 7) is 4.39. The molecule has 0 radical (unpaired) electrons. The third kappa shape index (κ3) is 4.32. The molecule has 1 unspecified atom stereocenters. The minimum Gasteiger partial charge on any atom is -0.258 e. The van der Waals surface area contributed by atoms with E-state index in [1.54, 1.807) is 6.07 Å². The average Bonchev–Trinajstić information content (AvgIpc) is 2.30. The van der Waals surface area contributed by atoms with Gasteiger partial charge in [0.05, 0.1) is 9.40 Å². The zero-order valence-electron chi connectivity index (χ0n) is 9.98. The largest absolute Gasteiger partial charge is 0.283 e. The van der Waals surface area contributed by atoms with E-state index in [1.165, 1.54) is 12.5 Å². The standard InChI is InChI=1S/C12H16BrNO2S/c1-3-9(2)7-17-8-10-5-4-6-11(12(10)13)14(15)16/h4-6,9H,3,7-8H2,1-2H3. The maximum atomic E-state index is 10.8. The molecule has 0 N–H and O–H groups in total. The monoisotopic (exact) mass is 317 g/mol. The van der Waals surface area contributed by atoms with Crippen LogP contribution in [0.1, 0.15) is 25.8 Å². The predicted octanol–water partition coefficient (Wildman–Crippen LogP) is 4.64. The molecule has 17 heavy (non-hydrogen) atoms. The summed E-state index contributed by atoms with van der Waals surface area (Å²) in [6.07, 6.45) is 1.17. The normalized spacial score (nSPS) is 12.4. The van der Waals surface area contributed by atoms with E-state index in [9.17, 15) is 10.1 Å². The Kier molecular flexibility index (Phi) is 5.98. The Morgan fingerprint density at radius 2 is 2.24 bits per heavy atom. The number of hydrogen-bond acceptors (Lipinski definition) is 3. The number of nitro groups is 1. The van der Waals surface area contributed by atoms with Crippen molar-refractivity contribution in [2.24, 2.45) is 5.92 Å². The van der Waals surface area contributed by atoms with Gasteiger partial charge in [-0.3, -0.25) is 10.1 Å². The van der Waals surface area contributed by atoms with Crippen LogP contribution in [0.5, 0.6) is 0 Å². The number of benzene rings is 1. The van der Waals surface area contributed by atoms with Crippen molar-refractivity contribution in [3.8, 4) is 0 Å². The Morgan fingerprint density at radius 3 is 2.82 bits per heavy atom. The van der Waals surface area contributed by atoms with Gasteiger partial charge in [0, 0.05) is 11.8 Å². The first-order valence-corrected chi connectivity index (χ1v) is 7.50. The van der Waals surface area contributed by atoms with Gasteiger partial charge in [-0.1, -0.05) is 32.4 Å². The summed E-state index contributed by atoms with van der Waals surface area (Å²) in [5.41, 5.74) is 1.14. The second kappa shape index (κ2) is 7.01. The molecule has 0 spiro atoms. The molecule has 0 aliphatic rings. The van der Waals surface area contributed by atoms with Crippen LogP contribution < -0.4 is 0 Å². The molecule has 0 saturated heterocycles. The van der Waals surface area contributed by atoms with Crippen molar-refractivity contribution in [2.45, 2.75) is 26.0 Å².